The number of benzene rings is 1. The number of hydrogen-bond donors (Lipinski definition) is 1. The van der Waals surface area contributed by atoms with Gasteiger partial charge in [0.25, 0.3) is 0 Å². The molecule has 0 spiro atoms. The van der Waals surface area contributed by atoms with Crippen molar-refractivity contribution in [1.82, 2.24) is 4.98 Å². The molecule has 0 amide bonds. The summed E-state index contributed by atoms with van der Waals surface area (Å²) in [7, 11) is 1.68. The van der Waals surface area contributed by atoms with Crippen LogP contribution in [0.2, 0.25) is 0 Å². The monoisotopic (exact) mass is 260 g/mol. The molecule has 0 radical (unpaired) electrons. The van der Waals surface area contributed by atoms with Gasteiger partial charge in [-0.2, -0.15) is 0 Å². The Morgan fingerprint density at radius 3 is 2.89 bits per heavy atom. The van der Waals surface area contributed by atoms with Crippen LogP contribution >= 0.6 is 0 Å². The Morgan fingerprint density at radius 1 is 1.21 bits per heavy atom. The van der Waals surface area contributed by atoms with Crippen LogP contribution in [-0.2, 0) is 4.74 Å². The molecule has 1 N–H and O–H groups in total. The van der Waals surface area contributed by atoms with Gasteiger partial charge in [0.15, 0.2) is 0 Å². The SMILES string of the molecule is CCOCCCNc1nccc2c(OC)cccc12. The van der Waals surface area contributed by atoms with Gasteiger partial charge in [-0.15, -0.1) is 0 Å². The van der Waals surface area contributed by atoms with Crippen molar-refractivity contribution in [3.8, 4) is 5.75 Å². The van der Waals surface area contributed by atoms with E-state index in [1.807, 2.05) is 25.1 Å². The first kappa shape index (κ1) is 13.6. The molecule has 4 heteroatoms. The minimum atomic E-state index is 0.768. The van der Waals surface area contributed by atoms with E-state index in [2.05, 4.69) is 16.4 Å². The number of nitrogens with zero attached hydrogens (tertiary/aromatic N) is 1. The van der Waals surface area contributed by atoms with E-state index in [1.54, 1.807) is 13.3 Å². The van der Waals surface area contributed by atoms with Crippen LogP contribution in [0.3, 0.4) is 0 Å². The van der Waals surface area contributed by atoms with E-state index < -0.39 is 0 Å². The summed E-state index contributed by atoms with van der Waals surface area (Å²) in [6.07, 6.45) is 2.77. The second kappa shape index (κ2) is 6.95. The summed E-state index contributed by atoms with van der Waals surface area (Å²) in [5.74, 6) is 1.77. The normalized spacial score (nSPS) is 10.6. The molecule has 1 aromatic carbocycles. The van der Waals surface area contributed by atoms with Crippen LogP contribution in [0.15, 0.2) is 30.5 Å². The molecule has 0 fully saturated rings. The van der Waals surface area contributed by atoms with E-state index in [-0.39, 0.29) is 0 Å². The molecule has 0 aliphatic carbocycles. The molecule has 0 bridgehead atoms. The number of anilines is 1. The molecule has 0 aliphatic rings. The van der Waals surface area contributed by atoms with Crippen LogP contribution in [-0.4, -0.2) is 31.9 Å². The van der Waals surface area contributed by atoms with Crippen molar-refractivity contribution in [1.29, 1.82) is 0 Å². The maximum absolute atomic E-state index is 5.36. The zero-order chi connectivity index (χ0) is 13.5. The van der Waals surface area contributed by atoms with Crippen molar-refractivity contribution >= 4 is 16.6 Å². The average molecular weight is 260 g/mol. The number of ether oxygens (including phenoxy) is 2. The molecule has 4 nitrogen and oxygen atoms in total. The third-order valence-electron chi connectivity index (χ3n) is 2.95. The summed E-state index contributed by atoms with van der Waals surface area (Å²) < 4.78 is 10.7. The Hall–Kier alpha value is -1.81. The summed E-state index contributed by atoms with van der Waals surface area (Å²) in [5.41, 5.74) is 0. The van der Waals surface area contributed by atoms with Gasteiger partial charge >= 0.3 is 0 Å². The van der Waals surface area contributed by atoms with Crippen LogP contribution in [0.4, 0.5) is 5.82 Å². The van der Waals surface area contributed by atoms with Crippen molar-refractivity contribution in [2.45, 2.75) is 13.3 Å². The lowest BCUT2D eigenvalue weighted by Gasteiger charge is -2.10. The first-order valence-electron chi connectivity index (χ1n) is 6.60. The number of fused-ring (bicyclic) bond motifs is 1. The standard InChI is InChI=1S/C15H20N2O2/c1-3-19-11-5-9-16-15-13-6-4-7-14(18-2)12(13)8-10-17-15/h4,6-8,10H,3,5,9,11H2,1-2H3,(H,16,17). The molecule has 0 atom stereocenters. The van der Waals surface area contributed by atoms with Gasteiger partial charge < -0.3 is 14.8 Å². The van der Waals surface area contributed by atoms with Gasteiger partial charge in [0.2, 0.25) is 0 Å². The van der Waals surface area contributed by atoms with Gasteiger partial charge in [-0.3, -0.25) is 0 Å². The van der Waals surface area contributed by atoms with E-state index in [0.29, 0.717) is 0 Å². The molecule has 102 valence electrons. The smallest absolute Gasteiger partial charge is 0.133 e. The number of methoxy groups -OCH3 is 1. The van der Waals surface area contributed by atoms with Gasteiger partial charge in [-0.1, -0.05) is 12.1 Å². The maximum Gasteiger partial charge on any atom is 0.133 e. The quantitative estimate of drug-likeness (QED) is 0.777. The van der Waals surface area contributed by atoms with Gasteiger partial charge in [0.05, 0.1) is 7.11 Å². The molecule has 0 unspecified atom stereocenters. The van der Waals surface area contributed by atoms with Crippen LogP contribution < -0.4 is 10.1 Å². The zero-order valence-corrected chi connectivity index (χ0v) is 11.5. The summed E-state index contributed by atoms with van der Waals surface area (Å²) in [6.45, 7) is 4.40. The van der Waals surface area contributed by atoms with Crippen LogP contribution in [0.1, 0.15) is 13.3 Å². The van der Waals surface area contributed by atoms with Crippen molar-refractivity contribution in [3.63, 3.8) is 0 Å². The molecule has 2 rings (SSSR count). The predicted molar refractivity (Wildman–Crippen MR) is 77.9 cm³/mol. The van der Waals surface area contributed by atoms with Gasteiger partial charge in [-0.05, 0) is 25.5 Å². The fraction of sp³-hybridized carbons (Fsp3) is 0.400. The highest BCUT2D eigenvalue weighted by atomic mass is 16.5. The Morgan fingerprint density at radius 2 is 2.11 bits per heavy atom. The van der Waals surface area contributed by atoms with E-state index in [1.165, 1.54) is 0 Å². The fourth-order valence-electron chi connectivity index (χ4n) is 2.02. The fourth-order valence-corrected chi connectivity index (χ4v) is 2.02. The van der Waals surface area contributed by atoms with Crippen molar-refractivity contribution in [3.05, 3.63) is 30.5 Å². The number of aromatic nitrogens is 1. The first-order valence-corrected chi connectivity index (χ1v) is 6.60. The Kier molecular flexibility index (Phi) is 4.98. The van der Waals surface area contributed by atoms with E-state index in [4.69, 9.17) is 9.47 Å². The third-order valence-corrected chi connectivity index (χ3v) is 2.95. The van der Waals surface area contributed by atoms with Gasteiger partial charge in [-0.25, -0.2) is 4.98 Å². The second-order valence-electron chi connectivity index (χ2n) is 4.19. The highest BCUT2D eigenvalue weighted by Crippen LogP contribution is 2.28. The van der Waals surface area contributed by atoms with Crippen LogP contribution in [0.5, 0.6) is 5.75 Å². The molecular weight excluding hydrogens is 240 g/mol. The van der Waals surface area contributed by atoms with Crippen molar-refractivity contribution in [2.24, 2.45) is 0 Å². The van der Waals surface area contributed by atoms with Gasteiger partial charge in [0.1, 0.15) is 11.6 Å². The molecule has 1 aromatic heterocycles. The molecule has 2 aromatic rings. The highest BCUT2D eigenvalue weighted by Gasteiger charge is 2.05. The summed E-state index contributed by atoms with van der Waals surface area (Å²) >= 11 is 0. The average Bonchev–Trinajstić information content (AvgIpc) is 2.46. The molecule has 0 saturated carbocycles. The minimum Gasteiger partial charge on any atom is -0.496 e. The Bertz CT molecular complexity index is 529. The highest BCUT2D eigenvalue weighted by molar-refractivity contribution is 5.95. The van der Waals surface area contributed by atoms with Crippen molar-refractivity contribution in [2.75, 3.05) is 32.2 Å². The Balaban J connectivity index is 2.10. The van der Waals surface area contributed by atoms with Crippen LogP contribution in [0.25, 0.3) is 10.8 Å². The largest absolute Gasteiger partial charge is 0.496 e. The molecule has 0 saturated heterocycles. The lowest BCUT2D eigenvalue weighted by Crippen LogP contribution is -2.07. The number of rotatable bonds is 7. The van der Waals surface area contributed by atoms with E-state index in [0.717, 1.165) is 48.5 Å². The third kappa shape index (κ3) is 3.35. The summed E-state index contributed by atoms with van der Waals surface area (Å²) in [4.78, 5) is 4.39. The second-order valence-corrected chi connectivity index (χ2v) is 4.19. The van der Waals surface area contributed by atoms with Crippen molar-refractivity contribution < 1.29 is 9.47 Å². The molecular formula is C15H20N2O2. The summed E-state index contributed by atoms with van der Waals surface area (Å²) in [6, 6.07) is 7.96. The number of nitrogens with one attached hydrogen (secondary N) is 1. The number of hydrogen-bond acceptors (Lipinski definition) is 4. The maximum atomic E-state index is 5.36. The lowest BCUT2D eigenvalue weighted by atomic mass is 10.1. The van der Waals surface area contributed by atoms with Gasteiger partial charge in [0, 0.05) is 36.7 Å². The lowest BCUT2D eigenvalue weighted by molar-refractivity contribution is 0.147. The molecule has 19 heavy (non-hydrogen) atoms. The molecule has 1 heterocycles. The molecule has 0 aliphatic heterocycles. The van der Waals surface area contributed by atoms with Crippen LogP contribution in [0, 0.1) is 0 Å². The Labute approximate surface area is 113 Å². The minimum absolute atomic E-state index is 0.768. The van der Waals surface area contributed by atoms with E-state index in [9.17, 15) is 0 Å². The number of pyridine rings is 1. The first-order chi connectivity index (χ1) is 9.36. The zero-order valence-electron chi connectivity index (χ0n) is 11.5. The summed E-state index contributed by atoms with van der Waals surface area (Å²) in [5, 5.41) is 5.51. The predicted octanol–water partition coefficient (Wildman–Crippen LogP) is 3.08. The van der Waals surface area contributed by atoms with E-state index >= 15 is 0 Å². The topological polar surface area (TPSA) is 43.4 Å².